The molecule has 4 nitrogen and oxygen atoms in total. The van der Waals surface area contributed by atoms with Gasteiger partial charge in [0.1, 0.15) is 0 Å². The van der Waals surface area contributed by atoms with E-state index in [-0.39, 0.29) is 0 Å². The minimum atomic E-state index is 0.355. The normalized spacial score (nSPS) is 18.1. The van der Waals surface area contributed by atoms with Crippen LogP contribution in [0, 0.1) is 0 Å². The van der Waals surface area contributed by atoms with Gasteiger partial charge in [-0.05, 0) is 25.6 Å². The number of ether oxygens (including phenoxy) is 1. The summed E-state index contributed by atoms with van der Waals surface area (Å²) >= 11 is 0. The van der Waals surface area contributed by atoms with Crippen LogP contribution in [-0.2, 0) is 4.74 Å². The Morgan fingerprint density at radius 1 is 1.41 bits per heavy atom. The van der Waals surface area contributed by atoms with E-state index >= 15 is 0 Å². The molecule has 0 aromatic carbocycles. The van der Waals surface area contributed by atoms with Crippen LogP contribution in [0.1, 0.15) is 25.1 Å². The zero-order valence-electron chi connectivity index (χ0n) is 10.6. The zero-order valence-corrected chi connectivity index (χ0v) is 10.6. The smallest absolute Gasteiger partial charge is 0.0642 e. The van der Waals surface area contributed by atoms with Crippen molar-refractivity contribution in [1.82, 2.24) is 10.3 Å². The van der Waals surface area contributed by atoms with Gasteiger partial charge in [0.2, 0.25) is 0 Å². The first-order valence-corrected chi connectivity index (χ1v) is 6.31. The minimum absolute atomic E-state index is 0.355. The van der Waals surface area contributed by atoms with E-state index < -0.39 is 0 Å². The molecule has 1 aliphatic rings. The summed E-state index contributed by atoms with van der Waals surface area (Å²) in [5.74, 6) is 0. The van der Waals surface area contributed by atoms with Crippen LogP contribution >= 0.6 is 0 Å². The summed E-state index contributed by atoms with van der Waals surface area (Å²) in [4.78, 5) is 6.87. The van der Waals surface area contributed by atoms with E-state index in [4.69, 9.17) is 4.74 Å². The first-order valence-electron chi connectivity index (χ1n) is 6.31. The molecular weight excluding hydrogens is 214 g/mol. The van der Waals surface area contributed by atoms with Crippen LogP contribution < -0.4 is 10.2 Å². The number of pyridine rings is 1. The third-order valence-electron chi connectivity index (χ3n) is 3.26. The van der Waals surface area contributed by atoms with Crippen LogP contribution in [0.3, 0.4) is 0 Å². The number of anilines is 1. The minimum Gasteiger partial charge on any atom is -0.378 e. The summed E-state index contributed by atoms with van der Waals surface area (Å²) < 4.78 is 5.35. The van der Waals surface area contributed by atoms with Crippen LogP contribution in [-0.4, -0.2) is 38.3 Å². The number of rotatable bonds is 4. The lowest BCUT2D eigenvalue weighted by molar-refractivity contribution is 0.122. The van der Waals surface area contributed by atoms with Gasteiger partial charge in [0.05, 0.1) is 30.8 Å². The van der Waals surface area contributed by atoms with E-state index in [1.807, 2.05) is 13.2 Å². The van der Waals surface area contributed by atoms with E-state index in [1.54, 1.807) is 0 Å². The van der Waals surface area contributed by atoms with Gasteiger partial charge >= 0.3 is 0 Å². The molecule has 1 fully saturated rings. The van der Waals surface area contributed by atoms with Crippen LogP contribution in [0.25, 0.3) is 0 Å². The zero-order chi connectivity index (χ0) is 12.1. The van der Waals surface area contributed by atoms with Crippen LogP contribution in [0.15, 0.2) is 18.3 Å². The molecule has 0 saturated carbocycles. The number of aromatic nitrogens is 1. The van der Waals surface area contributed by atoms with Gasteiger partial charge in [-0.1, -0.05) is 6.92 Å². The fraction of sp³-hybridized carbons (Fsp3) is 0.615. The van der Waals surface area contributed by atoms with Gasteiger partial charge in [0, 0.05) is 19.1 Å². The highest BCUT2D eigenvalue weighted by Gasteiger charge is 2.13. The lowest BCUT2D eigenvalue weighted by Gasteiger charge is -2.28. The predicted molar refractivity (Wildman–Crippen MR) is 69.4 cm³/mol. The van der Waals surface area contributed by atoms with E-state index in [0.29, 0.717) is 6.04 Å². The first-order chi connectivity index (χ1) is 8.35. The van der Waals surface area contributed by atoms with Crippen molar-refractivity contribution < 1.29 is 4.74 Å². The number of morpholine rings is 1. The predicted octanol–water partition coefficient (Wildman–Crippen LogP) is 1.59. The molecule has 0 spiro atoms. The lowest BCUT2D eigenvalue weighted by Crippen LogP contribution is -2.36. The Kier molecular flexibility index (Phi) is 4.34. The first kappa shape index (κ1) is 12.3. The number of nitrogens with zero attached hydrogens (tertiary/aromatic N) is 2. The molecule has 0 radical (unpaired) electrons. The van der Waals surface area contributed by atoms with Crippen molar-refractivity contribution >= 4 is 5.69 Å². The molecule has 0 aliphatic carbocycles. The standard InChI is InChI=1S/C13H21N3O/c1-3-12(14-2)13-5-4-11(10-15-13)16-6-8-17-9-7-16/h4-5,10,12,14H,3,6-9H2,1-2H3. The van der Waals surface area contributed by atoms with Gasteiger partial charge < -0.3 is 15.0 Å². The second-order valence-corrected chi connectivity index (χ2v) is 4.29. The van der Waals surface area contributed by atoms with Crippen molar-refractivity contribution in [2.24, 2.45) is 0 Å². The fourth-order valence-electron chi connectivity index (χ4n) is 2.17. The topological polar surface area (TPSA) is 37.4 Å². The second-order valence-electron chi connectivity index (χ2n) is 4.29. The summed E-state index contributed by atoms with van der Waals surface area (Å²) in [5, 5.41) is 3.27. The highest BCUT2D eigenvalue weighted by Crippen LogP contribution is 2.18. The highest BCUT2D eigenvalue weighted by molar-refractivity contribution is 5.45. The Hall–Kier alpha value is -1.13. The maximum Gasteiger partial charge on any atom is 0.0642 e. The molecule has 2 heterocycles. The number of nitrogens with one attached hydrogen (secondary N) is 1. The van der Waals surface area contributed by atoms with Crippen molar-refractivity contribution in [3.63, 3.8) is 0 Å². The molecule has 1 atom stereocenters. The van der Waals surface area contributed by atoms with Crippen molar-refractivity contribution in [2.45, 2.75) is 19.4 Å². The average molecular weight is 235 g/mol. The van der Waals surface area contributed by atoms with E-state index in [2.05, 4.69) is 34.3 Å². The van der Waals surface area contributed by atoms with Crippen molar-refractivity contribution in [2.75, 3.05) is 38.3 Å². The monoisotopic (exact) mass is 235 g/mol. The second kappa shape index (κ2) is 5.98. The summed E-state index contributed by atoms with van der Waals surface area (Å²) in [6.45, 7) is 5.72. The summed E-state index contributed by atoms with van der Waals surface area (Å²) in [6.07, 6.45) is 3.03. The molecule has 94 valence electrons. The maximum absolute atomic E-state index is 5.35. The molecular formula is C13H21N3O. The van der Waals surface area contributed by atoms with Crippen molar-refractivity contribution in [3.8, 4) is 0 Å². The Morgan fingerprint density at radius 2 is 2.18 bits per heavy atom. The maximum atomic E-state index is 5.35. The molecule has 17 heavy (non-hydrogen) atoms. The van der Waals surface area contributed by atoms with Gasteiger partial charge in [-0.2, -0.15) is 0 Å². The van der Waals surface area contributed by atoms with Crippen LogP contribution in [0.2, 0.25) is 0 Å². The van der Waals surface area contributed by atoms with Gasteiger partial charge in [0.15, 0.2) is 0 Å². The molecule has 4 heteroatoms. The van der Waals surface area contributed by atoms with E-state index in [9.17, 15) is 0 Å². The number of hydrogen-bond donors (Lipinski definition) is 1. The van der Waals surface area contributed by atoms with Gasteiger partial charge in [-0.3, -0.25) is 4.98 Å². The number of hydrogen-bond acceptors (Lipinski definition) is 4. The molecule has 1 N–H and O–H groups in total. The SMILES string of the molecule is CCC(NC)c1ccc(N2CCOCC2)cn1. The largest absolute Gasteiger partial charge is 0.378 e. The van der Waals surface area contributed by atoms with Crippen molar-refractivity contribution in [1.29, 1.82) is 0 Å². The summed E-state index contributed by atoms with van der Waals surface area (Å²) in [5.41, 5.74) is 2.31. The molecule has 1 unspecified atom stereocenters. The highest BCUT2D eigenvalue weighted by atomic mass is 16.5. The molecule has 2 rings (SSSR count). The van der Waals surface area contributed by atoms with Gasteiger partial charge in [0.25, 0.3) is 0 Å². The Labute approximate surface area is 103 Å². The molecule has 1 aliphatic heterocycles. The Balaban J connectivity index is 2.06. The van der Waals surface area contributed by atoms with Crippen LogP contribution in [0.5, 0.6) is 0 Å². The Morgan fingerprint density at radius 3 is 2.71 bits per heavy atom. The molecule has 0 bridgehead atoms. The average Bonchev–Trinajstić information content (AvgIpc) is 2.42. The fourth-order valence-corrected chi connectivity index (χ4v) is 2.17. The molecule has 1 aromatic rings. The van der Waals surface area contributed by atoms with E-state index in [0.717, 1.165) is 38.4 Å². The van der Waals surface area contributed by atoms with Gasteiger partial charge in [-0.25, -0.2) is 0 Å². The summed E-state index contributed by atoms with van der Waals surface area (Å²) in [6, 6.07) is 4.64. The lowest BCUT2D eigenvalue weighted by atomic mass is 10.1. The molecule has 1 saturated heterocycles. The molecule has 0 amide bonds. The third-order valence-corrected chi connectivity index (χ3v) is 3.26. The summed E-state index contributed by atoms with van der Waals surface area (Å²) in [7, 11) is 1.98. The van der Waals surface area contributed by atoms with Crippen molar-refractivity contribution in [3.05, 3.63) is 24.0 Å². The van der Waals surface area contributed by atoms with E-state index in [1.165, 1.54) is 5.69 Å². The van der Waals surface area contributed by atoms with Gasteiger partial charge in [-0.15, -0.1) is 0 Å². The van der Waals surface area contributed by atoms with Crippen LogP contribution in [0.4, 0.5) is 5.69 Å². The quantitative estimate of drug-likeness (QED) is 0.860. The molecule has 1 aromatic heterocycles. The Bertz CT molecular complexity index is 329. The third kappa shape index (κ3) is 2.96.